The molecule has 1 aliphatic carbocycles. The first kappa shape index (κ1) is 109. The van der Waals surface area contributed by atoms with Crippen LogP contribution in [0.2, 0.25) is 0 Å². The quantitative estimate of drug-likeness (QED) is 0.114. The Morgan fingerprint density at radius 3 is 1.26 bits per heavy atom. The van der Waals surface area contributed by atoms with E-state index in [9.17, 15) is 0 Å². The zero-order chi connectivity index (χ0) is 84.1. The Morgan fingerprint density at radius 1 is 0.522 bits per heavy atom. The molecular formula is C80H121N23O4RbS5-. The van der Waals surface area contributed by atoms with Crippen molar-refractivity contribution in [2.24, 2.45) is 37.2 Å². The molecule has 11 aromatic heterocycles. The van der Waals surface area contributed by atoms with Gasteiger partial charge in [0.1, 0.15) is 38.2 Å². The molecule has 0 saturated heterocycles. The molecule has 0 atom stereocenters. The van der Waals surface area contributed by atoms with Gasteiger partial charge in [0.25, 0.3) is 0 Å². The van der Waals surface area contributed by atoms with Crippen LogP contribution in [0.5, 0.6) is 0 Å². The molecule has 113 heavy (non-hydrogen) atoms. The third-order valence-electron chi connectivity index (χ3n) is 12.4. The van der Waals surface area contributed by atoms with Crippen molar-refractivity contribution in [3.63, 3.8) is 0 Å². The number of aromatic amines is 1. The van der Waals surface area contributed by atoms with Crippen LogP contribution in [0.1, 0.15) is 197 Å². The van der Waals surface area contributed by atoms with E-state index in [0.717, 1.165) is 109 Å². The van der Waals surface area contributed by atoms with Crippen LogP contribution < -0.4 is 64.3 Å². The molecule has 0 unspecified atom stereocenters. The van der Waals surface area contributed by atoms with Crippen LogP contribution in [0, 0.1) is 152 Å². The first-order chi connectivity index (χ1) is 52.1. The van der Waals surface area contributed by atoms with Crippen molar-refractivity contribution in [3.8, 4) is 0 Å². The summed E-state index contributed by atoms with van der Waals surface area (Å²) in [6.45, 7) is 67.3. The van der Waals surface area contributed by atoms with E-state index >= 15 is 0 Å². The number of hydrogen-bond donors (Lipinski definition) is 2. The summed E-state index contributed by atoms with van der Waals surface area (Å²) in [5.41, 5.74) is 15.0. The number of nitrogens with one attached hydrogen (secondary N) is 1. The van der Waals surface area contributed by atoms with Crippen molar-refractivity contribution in [1.29, 1.82) is 0 Å². The molecule has 27 nitrogen and oxygen atoms in total. The van der Waals surface area contributed by atoms with Gasteiger partial charge < -0.3 is 46.3 Å². The molecule has 4 aliphatic rings. The Bertz CT molecular complexity index is 3650. The average molecular weight is 1710 g/mol. The van der Waals surface area contributed by atoms with E-state index in [2.05, 4.69) is 213 Å². The molecule has 14 heterocycles. The van der Waals surface area contributed by atoms with Crippen molar-refractivity contribution >= 4 is 92.0 Å². The summed E-state index contributed by atoms with van der Waals surface area (Å²) in [6, 6.07) is 10.4. The van der Waals surface area contributed by atoms with Crippen LogP contribution in [0.3, 0.4) is 0 Å². The number of aryl methyl sites for hydroxylation is 22. The SMILES string of the molecule is CC1=CC(C)=NC1.CC1=CC=C(C)C1.CC1=NC(C)=NC1.CC1=NN=C(C)C1.Cc1c[nH]c(C)c1.Cc1cc(C)on1.Cc1cc(C)sn1.Cc1ccc(C)s1.Cc1cn(C)nn1.Cc1cnc(C)o1.Cc1cnc(C)s1.Cc1nnc(C)o1.Cc1nnc(C)s1.Cc1noc(C)n1.Cc1nsc(C)n1.N.[CH-]=C(C)N=[C-]C.[Rb+]. The summed E-state index contributed by atoms with van der Waals surface area (Å²) in [5, 5.41) is 41.3. The number of allylic oxidation sites excluding steroid dienone is 6. The number of hydrogen-bond acceptors (Lipinski definition) is 30. The monoisotopic (exact) mass is 1710 g/mol. The third-order valence-corrected chi connectivity index (χ3v) is 16.4. The number of thiazole rings is 1. The van der Waals surface area contributed by atoms with Gasteiger partial charge in [-0.05, 0) is 238 Å². The molecule has 11 aromatic rings. The van der Waals surface area contributed by atoms with Gasteiger partial charge in [-0.3, -0.25) is 14.7 Å². The fourth-order valence-corrected chi connectivity index (χ4v) is 11.2. The van der Waals surface area contributed by atoms with Gasteiger partial charge in [-0.25, -0.2) is 19.9 Å². The molecule has 0 amide bonds. The van der Waals surface area contributed by atoms with Crippen LogP contribution in [0.25, 0.3) is 0 Å². The summed E-state index contributed by atoms with van der Waals surface area (Å²) in [6.07, 6.45) is 18.6. The number of thiophene rings is 1. The molecule has 612 valence electrons. The number of rotatable bonds is 1. The van der Waals surface area contributed by atoms with Crippen molar-refractivity contribution in [2.45, 2.75) is 227 Å². The predicted octanol–water partition coefficient (Wildman–Crippen LogP) is 18.2. The van der Waals surface area contributed by atoms with E-state index < -0.39 is 0 Å². The number of aliphatic imine (C=N–C) groups is 4. The molecule has 0 fully saturated rings. The maximum absolute atomic E-state index is 5.09. The molecule has 3 aliphatic heterocycles. The predicted molar refractivity (Wildman–Crippen MR) is 469 cm³/mol. The summed E-state index contributed by atoms with van der Waals surface area (Å²) < 4.78 is 28.8. The standard InChI is InChI=1S/C7H10.2C6H9N.C6H8S.2C5H8N2.2C5H7NO.2C5H7NS.C5H7N.C4H7N3.2C4H6N2O.2C4H6N2S.H3N.Rb/c1-6-3-4-7(2)5-6;2*1-5-3-6(2)7-4-5;1-5-3-4-6(2)7-5;1-4-3-6-5(2)7-4;1-4-3-5(2)7-6-4;1-4-3-6-5(2)7-4;1-4-3-5(2)7-6-4;1-4-3-6-5(2)7-4;1-4-3-5(2)7-6-4;1-4-6-5(2)3;1-4-3-7(2)6-5-4;1-3-5-6-4(2)7-3;1-3-5-4(2)7-6-3;1-3-5-6-4(2)7-3;1-3-5-4(2)7-6-3;;/h3-4H,5H2,1-2H3;3H,4H2,1-2H3;3-4,7H,1-2H3;3-4H,1-2H3;2*3H2,1-2H3;4*3H,1-2H3;2H,1,3H3;3H,1-2H3;4*1-2H3;1H3;/q;;;;;;;;;;-2;;;;;;;+1. The topological polar surface area (TPSA) is 363 Å². The molecule has 0 spiro atoms. The van der Waals surface area contributed by atoms with Crippen molar-refractivity contribution in [1.82, 2.24) is 85.5 Å². The van der Waals surface area contributed by atoms with E-state index in [1.165, 1.54) is 65.4 Å². The molecule has 4 N–H and O–H groups in total. The second-order valence-corrected chi connectivity index (χ2v) is 31.6. The Hall–Kier alpha value is -8.05. The first-order valence-corrected chi connectivity index (χ1v) is 39.3. The smallest absolute Gasteiger partial charge is 0.598 e. The molecule has 15 rings (SSSR count). The Kier molecular flexibility index (Phi) is 61.1. The second kappa shape index (κ2) is 63.3. The van der Waals surface area contributed by atoms with Crippen LogP contribution in [0.15, 0.2) is 144 Å². The van der Waals surface area contributed by atoms with E-state index in [1.54, 1.807) is 86.6 Å². The van der Waals surface area contributed by atoms with Crippen molar-refractivity contribution in [2.75, 3.05) is 13.1 Å². The van der Waals surface area contributed by atoms with E-state index in [4.69, 9.17) is 19.9 Å². The molecular weight excluding hydrogens is 1590 g/mol. The van der Waals surface area contributed by atoms with Gasteiger partial charge in [-0.1, -0.05) is 44.4 Å². The second-order valence-electron chi connectivity index (χ2n) is 25.3. The van der Waals surface area contributed by atoms with E-state index in [-0.39, 0.29) is 64.3 Å². The maximum atomic E-state index is 5.09. The van der Waals surface area contributed by atoms with Gasteiger partial charge in [-0.15, -0.1) is 73.4 Å². The van der Waals surface area contributed by atoms with Gasteiger partial charge >= 0.3 is 58.2 Å². The number of H-pyrrole nitrogens is 1. The Morgan fingerprint density at radius 2 is 1.12 bits per heavy atom. The summed E-state index contributed by atoms with van der Waals surface area (Å²) in [5.74, 6) is 6.83. The van der Waals surface area contributed by atoms with Crippen LogP contribution in [-0.4, -0.2) is 127 Å². The van der Waals surface area contributed by atoms with Crippen LogP contribution in [0.4, 0.5) is 0 Å². The minimum atomic E-state index is 0. The average Bonchev–Trinajstić information content (AvgIpc) is 2.38. The molecule has 0 aromatic carbocycles. The van der Waals surface area contributed by atoms with Gasteiger partial charge in [-0.2, -0.15) is 30.1 Å². The number of oxazole rings is 1. The molecule has 0 radical (unpaired) electrons. The van der Waals surface area contributed by atoms with E-state index in [1.807, 2.05) is 161 Å². The van der Waals surface area contributed by atoms with Gasteiger partial charge in [0, 0.05) is 114 Å². The minimum absolute atomic E-state index is 0. The third kappa shape index (κ3) is 64.0. The minimum Gasteiger partial charge on any atom is -0.598 e. The largest absolute Gasteiger partial charge is 1.00 e. The van der Waals surface area contributed by atoms with Crippen molar-refractivity contribution < 1.29 is 76.1 Å². The number of aromatic nitrogens is 16. The number of nitrogens with zero attached hydrogens (tertiary/aromatic N) is 21. The van der Waals surface area contributed by atoms with E-state index in [0.29, 0.717) is 29.2 Å². The first-order valence-electron chi connectivity index (χ1n) is 35.3. The maximum Gasteiger partial charge on any atom is 1.00 e. The molecule has 33 heteroatoms. The van der Waals surface area contributed by atoms with Gasteiger partial charge in [0.15, 0.2) is 11.7 Å². The zero-order valence-corrected chi connectivity index (χ0v) is 82.1. The Labute approximate surface area is 740 Å². The molecule has 0 bridgehead atoms. The summed E-state index contributed by atoms with van der Waals surface area (Å²) in [4.78, 5) is 40.0. The fraction of sp³-hybridized carbons (Fsp3) is 0.450. The fourth-order valence-electron chi connectivity index (χ4n) is 8.08. The Balaban J connectivity index is -0.00000114. The summed E-state index contributed by atoms with van der Waals surface area (Å²) in [7, 11) is 1.85. The van der Waals surface area contributed by atoms with Gasteiger partial charge in [0.05, 0.1) is 41.4 Å². The van der Waals surface area contributed by atoms with Crippen LogP contribution >= 0.6 is 57.1 Å². The van der Waals surface area contributed by atoms with Crippen molar-refractivity contribution in [3.05, 3.63) is 217 Å². The molecule has 0 saturated carbocycles. The van der Waals surface area contributed by atoms with Crippen LogP contribution in [-0.2, 0) is 7.05 Å². The summed E-state index contributed by atoms with van der Waals surface area (Å²) >= 11 is 8.19. The normalized spacial score (nSPS) is 11.7. The van der Waals surface area contributed by atoms with Gasteiger partial charge in [0.2, 0.25) is 17.7 Å². The number of amidine groups is 1. The zero-order valence-electron chi connectivity index (χ0n) is 73.1.